The smallest absolute Gasteiger partial charge is 0.442 e. The Hall–Kier alpha value is -1.63. The van der Waals surface area contributed by atoms with Gasteiger partial charge in [0.25, 0.3) is 0 Å². The van der Waals surface area contributed by atoms with Crippen LogP contribution < -0.4 is 0 Å². The molecule has 0 amide bonds. The van der Waals surface area contributed by atoms with Crippen LogP contribution in [0.4, 0.5) is 13.2 Å². The van der Waals surface area contributed by atoms with Crippen molar-refractivity contribution in [3.63, 3.8) is 0 Å². The molecule has 0 aliphatic carbocycles. The lowest BCUT2D eigenvalue weighted by Gasteiger charge is -2.15. The summed E-state index contributed by atoms with van der Waals surface area (Å²) in [6.07, 6.45) is -4.60. The van der Waals surface area contributed by atoms with Crippen LogP contribution in [0, 0.1) is 0 Å². The van der Waals surface area contributed by atoms with Gasteiger partial charge in [0.05, 0.1) is 6.61 Å². The molecular formula is C9H7F3N2O2. The number of rotatable bonds is 2. The molecule has 0 bridgehead atoms. The quantitative estimate of drug-likeness (QED) is 0.819. The Kier molecular flexibility index (Phi) is 2.16. The number of aromatic hydroxyl groups is 1. The molecular weight excluding hydrogens is 225 g/mol. The van der Waals surface area contributed by atoms with E-state index in [0.29, 0.717) is 0 Å². The third kappa shape index (κ3) is 1.44. The molecule has 1 aliphatic heterocycles. The Labute approximate surface area is 88.1 Å². The second-order valence-electron chi connectivity index (χ2n) is 3.37. The van der Waals surface area contributed by atoms with Gasteiger partial charge in [-0.3, -0.25) is 0 Å². The van der Waals surface area contributed by atoms with Crippen LogP contribution in [0.3, 0.4) is 0 Å². The summed E-state index contributed by atoms with van der Waals surface area (Å²) < 4.78 is 37.8. The van der Waals surface area contributed by atoms with Crippen LogP contribution in [0.15, 0.2) is 28.4 Å². The van der Waals surface area contributed by atoms with Gasteiger partial charge in [-0.1, -0.05) is 6.07 Å². The minimum absolute atomic E-state index is 0.0124. The van der Waals surface area contributed by atoms with Crippen molar-refractivity contribution in [2.24, 2.45) is 10.2 Å². The van der Waals surface area contributed by atoms with Crippen molar-refractivity contribution in [1.82, 2.24) is 0 Å². The first-order valence-corrected chi connectivity index (χ1v) is 4.35. The molecule has 0 unspecified atom stereocenters. The number of benzene rings is 1. The van der Waals surface area contributed by atoms with Gasteiger partial charge in [-0.25, -0.2) is 0 Å². The number of aliphatic hydroxyl groups excluding tert-OH is 1. The standard InChI is InChI=1S/C9H7F3N2O2/c10-9(11,12)8(13-14-8)6-1-2-7(16)5(3-6)4-15/h1-3,15-16H,4H2. The molecule has 1 aromatic rings. The molecule has 0 atom stereocenters. The normalized spacial score (nSPS) is 17.5. The van der Waals surface area contributed by atoms with Gasteiger partial charge in [0.2, 0.25) is 0 Å². The molecule has 0 aromatic heterocycles. The average molecular weight is 232 g/mol. The van der Waals surface area contributed by atoms with E-state index < -0.39 is 18.4 Å². The number of phenols is 1. The second-order valence-corrected chi connectivity index (χ2v) is 3.37. The monoisotopic (exact) mass is 232 g/mol. The predicted octanol–water partition coefficient (Wildman–Crippen LogP) is 2.07. The van der Waals surface area contributed by atoms with Crippen molar-refractivity contribution >= 4 is 0 Å². The van der Waals surface area contributed by atoms with Crippen LogP contribution in [0.5, 0.6) is 5.75 Å². The zero-order valence-electron chi connectivity index (χ0n) is 7.86. The molecule has 0 saturated carbocycles. The Balaban J connectivity index is 2.43. The van der Waals surface area contributed by atoms with Gasteiger partial charge in [-0.2, -0.15) is 13.2 Å². The van der Waals surface area contributed by atoms with E-state index in [2.05, 4.69) is 10.2 Å². The summed E-state index contributed by atoms with van der Waals surface area (Å²) in [5.41, 5.74) is -2.70. The van der Waals surface area contributed by atoms with Crippen LogP contribution in [0.2, 0.25) is 0 Å². The molecule has 0 fully saturated rings. The SMILES string of the molecule is OCc1cc(C2(C(F)(F)F)N=N2)ccc1O. The fourth-order valence-corrected chi connectivity index (χ4v) is 1.37. The number of hydrogen-bond acceptors (Lipinski definition) is 4. The fourth-order valence-electron chi connectivity index (χ4n) is 1.37. The van der Waals surface area contributed by atoms with Gasteiger partial charge in [-0.05, 0) is 12.1 Å². The molecule has 0 spiro atoms. The maximum absolute atomic E-state index is 12.6. The number of nitrogens with zero attached hydrogens (tertiary/aromatic N) is 2. The van der Waals surface area contributed by atoms with E-state index in [-0.39, 0.29) is 16.9 Å². The van der Waals surface area contributed by atoms with Crippen LogP contribution >= 0.6 is 0 Å². The summed E-state index contributed by atoms with van der Waals surface area (Å²) in [5, 5.41) is 24.1. The number of alkyl halides is 3. The average Bonchev–Trinajstić information content (AvgIpc) is 2.98. The third-order valence-corrected chi connectivity index (χ3v) is 2.35. The molecule has 1 heterocycles. The summed E-state index contributed by atoms with van der Waals surface area (Å²) >= 11 is 0. The molecule has 2 N–H and O–H groups in total. The number of hydrogen-bond donors (Lipinski definition) is 2. The van der Waals surface area contributed by atoms with E-state index in [1.165, 1.54) is 0 Å². The van der Waals surface area contributed by atoms with Gasteiger partial charge in [0, 0.05) is 11.1 Å². The van der Waals surface area contributed by atoms with Crippen LogP contribution in [0.25, 0.3) is 0 Å². The third-order valence-electron chi connectivity index (χ3n) is 2.35. The first-order valence-electron chi connectivity index (χ1n) is 4.35. The summed E-state index contributed by atoms with van der Waals surface area (Å²) in [6.45, 7) is -0.548. The molecule has 4 nitrogen and oxygen atoms in total. The molecule has 0 saturated heterocycles. The minimum atomic E-state index is -4.60. The Bertz CT molecular complexity index is 451. The molecule has 1 aliphatic rings. The van der Waals surface area contributed by atoms with E-state index >= 15 is 0 Å². The maximum atomic E-state index is 12.6. The Morgan fingerprint density at radius 2 is 1.88 bits per heavy atom. The largest absolute Gasteiger partial charge is 0.508 e. The summed E-state index contributed by atoms with van der Waals surface area (Å²) in [6, 6.07) is 3.21. The lowest BCUT2D eigenvalue weighted by atomic mass is 10.00. The molecule has 16 heavy (non-hydrogen) atoms. The first kappa shape index (κ1) is 10.9. The zero-order valence-corrected chi connectivity index (χ0v) is 7.86. The molecule has 1 aromatic carbocycles. The van der Waals surface area contributed by atoms with E-state index in [0.717, 1.165) is 18.2 Å². The van der Waals surface area contributed by atoms with Crippen molar-refractivity contribution in [3.8, 4) is 5.75 Å². The molecule has 0 radical (unpaired) electrons. The van der Waals surface area contributed by atoms with E-state index in [1.807, 2.05) is 0 Å². The van der Waals surface area contributed by atoms with Gasteiger partial charge < -0.3 is 10.2 Å². The summed E-state index contributed by atoms with van der Waals surface area (Å²) in [4.78, 5) is 0. The Morgan fingerprint density at radius 1 is 1.25 bits per heavy atom. The lowest BCUT2D eigenvalue weighted by Crippen LogP contribution is -2.30. The van der Waals surface area contributed by atoms with Gasteiger partial charge >= 0.3 is 11.8 Å². The highest BCUT2D eigenvalue weighted by molar-refractivity contribution is 5.40. The molecule has 2 rings (SSSR count). The van der Waals surface area contributed by atoms with Crippen LogP contribution in [-0.4, -0.2) is 16.4 Å². The number of aliphatic hydroxyl groups is 1. The van der Waals surface area contributed by atoms with Crippen molar-refractivity contribution in [2.75, 3.05) is 0 Å². The van der Waals surface area contributed by atoms with E-state index in [1.54, 1.807) is 0 Å². The van der Waals surface area contributed by atoms with Gasteiger partial charge in [-0.15, -0.1) is 10.2 Å². The van der Waals surface area contributed by atoms with Crippen LogP contribution in [0.1, 0.15) is 11.1 Å². The highest BCUT2D eigenvalue weighted by Crippen LogP contribution is 2.52. The first-order chi connectivity index (χ1) is 7.40. The van der Waals surface area contributed by atoms with E-state index in [4.69, 9.17) is 5.11 Å². The fraction of sp³-hybridized carbons (Fsp3) is 0.333. The van der Waals surface area contributed by atoms with Crippen molar-refractivity contribution < 1.29 is 23.4 Å². The van der Waals surface area contributed by atoms with Crippen molar-refractivity contribution in [1.29, 1.82) is 0 Å². The van der Waals surface area contributed by atoms with Crippen molar-refractivity contribution in [3.05, 3.63) is 29.3 Å². The molecule has 7 heteroatoms. The summed E-state index contributed by atoms with van der Waals surface area (Å²) in [5.74, 6) is -0.260. The molecule has 86 valence electrons. The topological polar surface area (TPSA) is 65.2 Å². The highest BCUT2D eigenvalue weighted by atomic mass is 19.4. The Morgan fingerprint density at radius 3 is 2.31 bits per heavy atom. The van der Waals surface area contributed by atoms with Crippen molar-refractivity contribution in [2.45, 2.75) is 18.4 Å². The zero-order chi connectivity index (χ0) is 12.0. The maximum Gasteiger partial charge on any atom is 0.442 e. The summed E-state index contributed by atoms with van der Waals surface area (Å²) in [7, 11) is 0. The predicted molar refractivity (Wildman–Crippen MR) is 46.6 cm³/mol. The second kappa shape index (κ2) is 3.18. The van der Waals surface area contributed by atoms with Gasteiger partial charge in [0.15, 0.2) is 0 Å². The van der Waals surface area contributed by atoms with E-state index in [9.17, 15) is 18.3 Å². The minimum Gasteiger partial charge on any atom is -0.508 e. The number of halogens is 3. The highest BCUT2D eigenvalue weighted by Gasteiger charge is 2.65. The van der Waals surface area contributed by atoms with Gasteiger partial charge in [0.1, 0.15) is 5.75 Å². The lowest BCUT2D eigenvalue weighted by molar-refractivity contribution is -0.166. The van der Waals surface area contributed by atoms with Crippen LogP contribution in [-0.2, 0) is 12.3 Å².